The smallest absolute Gasteiger partial charge is 0.335 e. The molecule has 0 unspecified atom stereocenters. The van der Waals surface area contributed by atoms with E-state index in [-0.39, 0.29) is 17.4 Å². The first-order valence-corrected chi connectivity index (χ1v) is 7.71. The lowest BCUT2D eigenvalue weighted by Gasteiger charge is -2.26. The largest absolute Gasteiger partial charge is 0.491 e. The van der Waals surface area contributed by atoms with Gasteiger partial charge in [0.05, 0.1) is 17.9 Å². The molecule has 0 saturated carbocycles. The number of carbonyl (C=O) groups is 2. The van der Waals surface area contributed by atoms with Gasteiger partial charge in [-0.25, -0.2) is 4.79 Å². The molecule has 0 aliphatic heterocycles. The summed E-state index contributed by atoms with van der Waals surface area (Å²) in [6, 6.07) is 3.15. The van der Waals surface area contributed by atoms with Gasteiger partial charge in [0.2, 0.25) is 5.91 Å². The summed E-state index contributed by atoms with van der Waals surface area (Å²) in [6.45, 7) is 10.4. The number of carboxylic acid groups (broad SMARTS) is 1. The molecule has 5 nitrogen and oxygen atoms in total. The predicted octanol–water partition coefficient (Wildman–Crippen LogP) is 3.67. The van der Waals surface area contributed by atoms with Crippen LogP contribution in [-0.2, 0) is 4.79 Å². The standard InChI is InChI=1S/C17H25NO4/c1-6-15(19)18(7-2)14-10-12(17(20)21)9-13(11(4)5)16(14)22-8-3/h9-11H,6-8H2,1-5H3,(H,20,21). The van der Waals surface area contributed by atoms with Crippen LogP contribution in [0, 0.1) is 0 Å². The average molecular weight is 307 g/mol. The summed E-state index contributed by atoms with van der Waals surface area (Å²) >= 11 is 0. The van der Waals surface area contributed by atoms with Gasteiger partial charge in [-0.2, -0.15) is 0 Å². The van der Waals surface area contributed by atoms with Gasteiger partial charge in [0.15, 0.2) is 0 Å². The maximum absolute atomic E-state index is 12.2. The van der Waals surface area contributed by atoms with Crippen molar-refractivity contribution in [2.75, 3.05) is 18.1 Å². The van der Waals surface area contributed by atoms with E-state index in [4.69, 9.17) is 4.74 Å². The molecule has 122 valence electrons. The Bertz CT molecular complexity index is 552. The number of aromatic carboxylic acids is 1. The molecular weight excluding hydrogens is 282 g/mol. The second-order valence-electron chi connectivity index (χ2n) is 5.30. The van der Waals surface area contributed by atoms with Crippen LogP contribution in [0.25, 0.3) is 0 Å². The lowest BCUT2D eigenvalue weighted by Crippen LogP contribution is -2.30. The minimum Gasteiger partial charge on any atom is -0.491 e. The van der Waals surface area contributed by atoms with Crippen molar-refractivity contribution in [3.63, 3.8) is 0 Å². The Morgan fingerprint density at radius 1 is 1.23 bits per heavy atom. The molecule has 0 fully saturated rings. The lowest BCUT2D eigenvalue weighted by molar-refractivity contribution is -0.118. The topological polar surface area (TPSA) is 66.8 Å². The van der Waals surface area contributed by atoms with Crippen LogP contribution in [-0.4, -0.2) is 30.1 Å². The number of amides is 1. The minimum absolute atomic E-state index is 0.0549. The SMILES string of the molecule is CCOc1c(C(C)C)cc(C(=O)O)cc1N(CC)C(=O)CC. The molecule has 5 heteroatoms. The van der Waals surface area contributed by atoms with E-state index in [0.717, 1.165) is 5.56 Å². The summed E-state index contributed by atoms with van der Waals surface area (Å²) in [4.78, 5) is 25.2. The third kappa shape index (κ3) is 3.78. The molecule has 0 aliphatic rings. The van der Waals surface area contributed by atoms with Crippen LogP contribution in [0.4, 0.5) is 5.69 Å². The third-order valence-corrected chi connectivity index (χ3v) is 3.47. The number of carboxylic acids is 1. The van der Waals surface area contributed by atoms with Crippen molar-refractivity contribution in [3.8, 4) is 5.75 Å². The van der Waals surface area contributed by atoms with Crippen molar-refractivity contribution in [3.05, 3.63) is 23.3 Å². The number of carbonyl (C=O) groups excluding carboxylic acids is 1. The molecule has 0 atom stereocenters. The number of benzene rings is 1. The maximum Gasteiger partial charge on any atom is 0.335 e. The highest BCUT2D eigenvalue weighted by molar-refractivity contribution is 5.97. The molecule has 0 spiro atoms. The normalized spacial score (nSPS) is 10.6. The third-order valence-electron chi connectivity index (χ3n) is 3.47. The summed E-state index contributed by atoms with van der Waals surface area (Å²) in [5.74, 6) is -0.368. The fourth-order valence-electron chi connectivity index (χ4n) is 2.36. The van der Waals surface area contributed by atoms with Gasteiger partial charge in [0, 0.05) is 13.0 Å². The predicted molar refractivity (Wildman–Crippen MR) is 87.0 cm³/mol. The van der Waals surface area contributed by atoms with Gasteiger partial charge in [0.1, 0.15) is 5.75 Å². The Morgan fingerprint density at radius 3 is 2.27 bits per heavy atom. The van der Waals surface area contributed by atoms with E-state index in [2.05, 4.69) is 0 Å². The van der Waals surface area contributed by atoms with E-state index in [0.29, 0.717) is 31.0 Å². The Morgan fingerprint density at radius 2 is 1.86 bits per heavy atom. The second-order valence-corrected chi connectivity index (χ2v) is 5.30. The van der Waals surface area contributed by atoms with Crippen molar-refractivity contribution in [2.24, 2.45) is 0 Å². The summed E-state index contributed by atoms with van der Waals surface area (Å²) in [5, 5.41) is 9.34. The molecule has 1 aromatic carbocycles. The molecule has 0 aromatic heterocycles. The molecule has 1 rings (SSSR count). The second kappa shape index (κ2) is 7.82. The van der Waals surface area contributed by atoms with E-state index in [1.807, 2.05) is 27.7 Å². The quantitative estimate of drug-likeness (QED) is 0.834. The van der Waals surface area contributed by atoms with Gasteiger partial charge in [-0.1, -0.05) is 20.8 Å². The van der Waals surface area contributed by atoms with Gasteiger partial charge in [-0.3, -0.25) is 4.79 Å². The van der Waals surface area contributed by atoms with Gasteiger partial charge < -0.3 is 14.7 Å². The monoisotopic (exact) mass is 307 g/mol. The molecule has 0 heterocycles. The summed E-state index contributed by atoms with van der Waals surface area (Å²) in [5.41, 5.74) is 1.52. The highest BCUT2D eigenvalue weighted by Gasteiger charge is 2.23. The number of rotatable bonds is 7. The van der Waals surface area contributed by atoms with Crippen LogP contribution in [0.1, 0.15) is 62.9 Å². The summed E-state index contributed by atoms with van der Waals surface area (Å²) < 4.78 is 5.75. The zero-order chi connectivity index (χ0) is 16.9. The zero-order valence-electron chi connectivity index (χ0n) is 14.0. The molecule has 1 amide bonds. The van der Waals surface area contributed by atoms with E-state index in [1.165, 1.54) is 6.07 Å². The Kier molecular flexibility index (Phi) is 6.40. The Balaban J connectivity index is 3.62. The first kappa shape index (κ1) is 18.0. The first-order chi connectivity index (χ1) is 10.4. The fraction of sp³-hybridized carbons (Fsp3) is 0.529. The number of ether oxygens (including phenoxy) is 1. The Labute approximate surface area is 131 Å². The van der Waals surface area contributed by atoms with Crippen LogP contribution in [0.3, 0.4) is 0 Å². The number of anilines is 1. The number of hydrogen-bond donors (Lipinski definition) is 1. The summed E-state index contributed by atoms with van der Waals surface area (Å²) in [6.07, 6.45) is 0.355. The average Bonchev–Trinajstić information content (AvgIpc) is 2.48. The van der Waals surface area contributed by atoms with Gasteiger partial charge in [-0.05, 0) is 37.5 Å². The van der Waals surface area contributed by atoms with Crippen molar-refractivity contribution in [2.45, 2.75) is 47.0 Å². The summed E-state index contributed by atoms with van der Waals surface area (Å²) in [7, 11) is 0. The molecule has 0 radical (unpaired) electrons. The van der Waals surface area contributed by atoms with Crippen LogP contribution in [0.5, 0.6) is 5.75 Å². The van der Waals surface area contributed by atoms with Gasteiger partial charge in [0.25, 0.3) is 0 Å². The molecule has 0 aliphatic carbocycles. The van der Waals surface area contributed by atoms with Crippen LogP contribution in [0.15, 0.2) is 12.1 Å². The zero-order valence-corrected chi connectivity index (χ0v) is 14.0. The van der Waals surface area contributed by atoms with Crippen molar-refractivity contribution in [1.82, 2.24) is 0 Å². The van der Waals surface area contributed by atoms with Crippen molar-refractivity contribution < 1.29 is 19.4 Å². The highest BCUT2D eigenvalue weighted by Crippen LogP contribution is 2.38. The molecule has 0 saturated heterocycles. The molecule has 1 aromatic rings. The van der Waals surface area contributed by atoms with E-state index < -0.39 is 5.97 Å². The lowest BCUT2D eigenvalue weighted by atomic mass is 9.97. The Hall–Kier alpha value is -2.04. The van der Waals surface area contributed by atoms with E-state index in [9.17, 15) is 14.7 Å². The highest BCUT2D eigenvalue weighted by atomic mass is 16.5. The molecule has 22 heavy (non-hydrogen) atoms. The van der Waals surface area contributed by atoms with Gasteiger partial charge in [-0.15, -0.1) is 0 Å². The van der Waals surface area contributed by atoms with Crippen molar-refractivity contribution in [1.29, 1.82) is 0 Å². The maximum atomic E-state index is 12.2. The van der Waals surface area contributed by atoms with E-state index in [1.54, 1.807) is 17.9 Å². The molecular formula is C17H25NO4. The first-order valence-electron chi connectivity index (χ1n) is 7.71. The number of hydrogen-bond acceptors (Lipinski definition) is 3. The van der Waals surface area contributed by atoms with Crippen LogP contribution in [0.2, 0.25) is 0 Å². The van der Waals surface area contributed by atoms with Gasteiger partial charge >= 0.3 is 5.97 Å². The van der Waals surface area contributed by atoms with Crippen LogP contribution < -0.4 is 9.64 Å². The molecule has 0 bridgehead atoms. The van der Waals surface area contributed by atoms with E-state index >= 15 is 0 Å². The van der Waals surface area contributed by atoms with Crippen molar-refractivity contribution >= 4 is 17.6 Å². The van der Waals surface area contributed by atoms with Crippen LogP contribution >= 0.6 is 0 Å². The molecule has 1 N–H and O–H groups in total. The minimum atomic E-state index is -1.01. The number of nitrogens with zero attached hydrogens (tertiary/aromatic N) is 1. The fourth-order valence-corrected chi connectivity index (χ4v) is 2.36.